The summed E-state index contributed by atoms with van der Waals surface area (Å²) in [5.41, 5.74) is 0.748. The van der Waals surface area contributed by atoms with E-state index >= 15 is 0 Å². The van der Waals surface area contributed by atoms with Crippen molar-refractivity contribution in [2.45, 2.75) is 13.0 Å². The van der Waals surface area contributed by atoms with Crippen molar-refractivity contribution in [3.05, 3.63) is 36.5 Å². The Morgan fingerprint density at radius 1 is 1.53 bits per heavy atom. The molecule has 0 aromatic carbocycles. The van der Waals surface area contributed by atoms with Gasteiger partial charge in [-0.3, -0.25) is 9.78 Å². The van der Waals surface area contributed by atoms with Crippen molar-refractivity contribution in [1.82, 2.24) is 4.98 Å². The number of rotatable bonds is 6. The number of esters is 1. The third kappa shape index (κ3) is 5.12. The summed E-state index contributed by atoms with van der Waals surface area (Å²) in [6.07, 6.45) is 3.65. The molecule has 0 amide bonds. The molecule has 1 radical (unpaired) electrons. The minimum Gasteiger partial charge on any atom is -0.459 e. The van der Waals surface area contributed by atoms with Gasteiger partial charge in [0.25, 0.3) is 0 Å². The summed E-state index contributed by atoms with van der Waals surface area (Å²) in [5, 5.41) is 0. The zero-order valence-electron chi connectivity index (χ0n) is 8.68. The van der Waals surface area contributed by atoms with E-state index < -0.39 is 0 Å². The third-order valence-corrected chi connectivity index (χ3v) is 1.70. The number of pyridine rings is 1. The molecular weight excluding hydrogens is 194 g/mol. The Morgan fingerprint density at radius 3 is 3.07 bits per heavy atom. The van der Waals surface area contributed by atoms with Crippen LogP contribution in [-0.4, -0.2) is 24.7 Å². The van der Waals surface area contributed by atoms with Gasteiger partial charge in [-0.1, -0.05) is 6.07 Å². The van der Waals surface area contributed by atoms with E-state index in [0.29, 0.717) is 6.61 Å². The number of aromatic nitrogens is 1. The van der Waals surface area contributed by atoms with E-state index in [1.54, 1.807) is 19.7 Å². The first-order valence-electron chi connectivity index (χ1n) is 4.69. The van der Waals surface area contributed by atoms with Gasteiger partial charge < -0.3 is 9.47 Å². The van der Waals surface area contributed by atoms with E-state index in [1.807, 2.05) is 18.2 Å². The van der Waals surface area contributed by atoms with Gasteiger partial charge in [-0.05, 0) is 18.6 Å². The SMILES string of the molecule is COC[CH]CC(=O)OCc1ccccn1. The number of carbonyl (C=O) groups is 1. The molecule has 0 fully saturated rings. The molecule has 0 aliphatic heterocycles. The summed E-state index contributed by atoms with van der Waals surface area (Å²) in [6.45, 7) is 0.680. The Morgan fingerprint density at radius 2 is 2.40 bits per heavy atom. The maximum atomic E-state index is 11.2. The van der Waals surface area contributed by atoms with E-state index in [4.69, 9.17) is 9.47 Å². The Labute approximate surface area is 89.2 Å². The smallest absolute Gasteiger partial charge is 0.306 e. The first-order chi connectivity index (χ1) is 7.33. The van der Waals surface area contributed by atoms with Crippen LogP contribution in [0.1, 0.15) is 12.1 Å². The topological polar surface area (TPSA) is 48.4 Å². The summed E-state index contributed by atoms with van der Waals surface area (Å²) >= 11 is 0. The third-order valence-electron chi connectivity index (χ3n) is 1.70. The molecule has 1 rings (SSSR count). The van der Waals surface area contributed by atoms with Crippen LogP contribution < -0.4 is 0 Å². The zero-order chi connectivity index (χ0) is 10.9. The molecule has 1 aromatic heterocycles. The molecule has 15 heavy (non-hydrogen) atoms. The number of nitrogens with zero attached hydrogens (tertiary/aromatic N) is 1. The van der Waals surface area contributed by atoms with Crippen molar-refractivity contribution in [2.75, 3.05) is 13.7 Å². The van der Waals surface area contributed by atoms with Crippen molar-refractivity contribution in [1.29, 1.82) is 0 Å². The second-order valence-corrected chi connectivity index (χ2v) is 2.93. The van der Waals surface area contributed by atoms with Crippen molar-refractivity contribution in [2.24, 2.45) is 0 Å². The van der Waals surface area contributed by atoms with Crippen LogP contribution in [0.2, 0.25) is 0 Å². The minimum atomic E-state index is -0.266. The molecule has 0 aliphatic rings. The van der Waals surface area contributed by atoms with Gasteiger partial charge in [-0.15, -0.1) is 0 Å². The predicted molar refractivity (Wildman–Crippen MR) is 54.8 cm³/mol. The molecule has 1 heterocycles. The minimum absolute atomic E-state index is 0.223. The van der Waals surface area contributed by atoms with Gasteiger partial charge in [-0.25, -0.2) is 0 Å². The van der Waals surface area contributed by atoms with Gasteiger partial charge in [0.2, 0.25) is 0 Å². The number of ether oxygens (including phenoxy) is 2. The lowest BCUT2D eigenvalue weighted by molar-refractivity contribution is -0.144. The fraction of sp³-hybridized carbons (Fsp3) is 0.364. The molecule has 0 atom stereocenters. The average molecular weight is 208 g/mol. The van der Waals surface area contributed by atoms with Crippen molar-refractivity contribution >= 4 is 5.97 Å². The summed E-state index contributed by atoms with van der Waals surface area (Å²) < 4.78 is 9.77. The van der Waals surface area contributed by atoms with Gasteiger partial charge >= 0.3 is 5.97 Å². The maximum absolute atomic E-state index is 11.2. The maximum Gasteiger partial charge on any atom is 0.306 e. The van der Waals surface area contributed by atoms with Crippen LogP contribution in [0.4, 0.5) is 0 Å². The number of methoxy groups -OCH3 is 1. The normalized spacial score (nSPS) is 9.93. The van der Waals surface area contributed by atoms with Crippen LogP contribution in [0.15, 0.2) is 24.4 Å². The molecule has 0 spiro atoms. The molecule has 4 nitrogen and oxygen atoms in total. The molecular formula is C11H14NO3. The highest BCUT2D eigenvalue weighted by Crippen LogP contribution is 1.99. The summed E-state index contributed by atoms with van der Waals surface area (Å²) in [6, 6.07) is 5.48. The average Bonchev–Trinajstić information content (AvgIpc) is 2.28. The number of hydrogen-bond acceptors (Lipinski definition) is 4. The van der Waals surface area contributed by atoms with Crippen LogP contribution in [0.5, 0.6) is 0 Å². The van der Waals surface area contributed by atoms with Crippen molar-refractivity contribution in [3.63, 3.8) is 0 Å². The summed E-state index contributed by atoms with van der Waals surface area (Å²) in [4.78, 5) is 15.2. The van der Waals surface area contributed by atoms with E-state index in [9.17, 15) is 4.79 Å². The molecule has 0 N–H and O–H groups in total. The zero-order valence-corrected chi connectivity index (χ0v) is 8.68. The van der Waals surface area contributed by atoms with E-state index in [1.165, 1.54) is 0 Å². The highest BCUT2D eigenvalue weighted by Gasteiger charge is 2.03. The van der Waals surface area contributed by atoms with E-state index in [-0.39, 0.29) is 19.0 Å². The highest BCUT2D eigenvalue weighted by atomic mass is 16.5. The monoisotopic (exact) mass is 208 g/mol. The lowest BCUT2D eigenvalue weighted by Crippen LogP contribution is -2.06. The van der Waals surface area contributed by atoms with E-state index in [0.717, 1.165) is 5.69 Å². The van der Waals surface area contributed by atoms with Crippen LogP contribution in [0, 0.1) is 6.42 Å². The van der Waals surface area contributed by atoms with Crippen LogP contribution in [0.3, 0.4) is 0 Å². The van der Waals surface area contributed by atoms with Crippen LogP contribution >= 0.6 is 0 Å². The summed E-state index contributed by atoms with van der Waals surface area (Å²) in [7, 11) is 1.58. The molecule has 0 bridgehead atoms. The molecule has 0 saturated carbocycles. The lowest BCUT2D eigenvalue weighted by Gasteiger charge is -2.03. The Bertz CT molecular complexity index is 287. The fourth-order valence-electron chi connectivity index (χ4n) is 0.991. The standard InChI is InChI=1S/C11H14NO3/c1-14-8-4-6-11(13)15-9-10-5-2-3-7-12-10/h2-5,7H,6,8-9H2,1H3. The number of hydrogen-bond donors (Lipinski definition) is 0. The Kier molecular flexibility index (Phi) is 5.40. The van der Waals surface area contributed by atoms with Gasteiger partial charge in [0.1, 0.15) is 6.61 Å². The van der Waals surface area contributed by atoms with E-state index in [2.05, 4.69) is 4.98 Å². The molecule has 81 valence electrons. The molecule has 4 heteroatoms. The predicted octanol–water partition coefficient (Wildman–Crippen LogP) is 1.37. The van der Waals surface area contributed by atoms with Gasteiger partial charge in [-0.2, -0.15) is 0 Å². The lowest BCUT2D eigenvalue weighted by atomic mass is 10.3. The van der Waals surface area contributed by atoms with Gasteiger partial charge in [0.05, 0.1) is 12.1 Å². The van der Waals surface area contributed by atoms with Crippen LogP contribution in [-0.2, 0) is 20.9 Å². The second-order valence-electron chi connectivity index (χ2n) is 2.93. The van der Waals surface area contributed by atoms with Crippen molar-refractivity contribution in [3.8, 4) is 0 Å². The molecule has 0 saturated heterocycles. The fourth-order valence-corrected chi connectivity index (χ4v) is 0.991. The van der Waals surface area contributed by atoms with Gasteiger partial charge in [0.15, 0.2) is 0 Å². The molecule has 1 aromatic rings. The first kappa shape index (κ1) is 11.7. The largest absolute Gasteiger partial charge is 0.459 e. The summed E-state index contributed by atoms with van der Waals surface area (Å²) in [5.74, 6) is -0.266. The first-order valence-corrected chi connectivity index (χ1v) is 4.69. The number of carbonyl (C=O) groups excluding carboxylic acids is 1. The van der Waals surface area contributed by atoms with Crippen LogP contribution in [0.25, 0.3) is 0 Å². The Hall–Kier alpha value is -1.42. The van der Waals surface area contributed by atoms with Crippen molar-refractivity contribution < 1.29 is 14.3 Å². The van der Waals surface area contributed by atoms with Gasteiger partial charge in [0, 0.05) is 19.9 Å². The molecule has 0 aliphatic carbocycles. The second kappa shape index (κ2) is 6.95. The highest BCUT2D eigenvalue weighted by molar-refractivity contribution is 5.70. The Balaban J connectivity index is 2.17. The molecule has 0 unspecified atom stereocenters. The quantitative estimate of drug-likeness (QED) is 0.523.